The molecule has 1 fully saturated rings. The van der Waals surface area contributed by atoms with Crippen LogP contribution in [0, 0.1) is 22.6 Å². The molecule has 1 aromatic carbocycles. The van der Waals surface area contributed by atoms with Gasteiger partial charge in [-0.25, -0.2) is 19.2 Å². The summed E-state index contributed by atoms with van der Waals surface area (Å²) in [6, 6.07) is 8.33. The molecule has 4 aromatic rings. The molecule has 0 saturated carbocycles. The highest BCUT2D eigenvalue weighted by Crippen LogP contribution is 2.37. The minimum Gasteiger partial charge on any atom is -0.478 e. The normalized spacial score (nSPS) is 14.3. The van der Waals surface area contributed by atoms with Crippen LogP contribution in [0.25, 0.3) is 22.3 Å². The van der Waals surface area contributed by atoms with Crippen molar-refractivity contribution < 1.29 is 19.0 Å². The van der Waals surface area contributed by atoms with Gasteiger partial charge in [-0.2, -0.15) is 10.4 Å². The molecular weight excluding hydrogens is 609 g/mol. The molecule has 1 aliphatic rings. The van der Waals surface area contributed by atoms with Crippen LogP contribution in [-0.4, -0.2) is 55.1 Å². The van der Waals surface area contributed by atoms with Crippen LogP contribution in [0.5, 0.6) is 0 Å². The summed E-state index contributed by atoms with van der Waals surface area (Å²) < 4.78 is 24.1. The van der Waals surface area contributed by atoms with Crippen molar-refractivity contribution in [3.8, 4) is 17.3 Å². The Morgan fingerprint density at radius 3 is 2.42 bits per heavy atom. The summed E-state index contributed by atoms with van der Waals surface area (Å²) in [5.74, 6) is -2.10. The smallest absolute Gasteiger partial charge is 0.338 e. The van der Waals surface area contributed by atoms with E-state index in [1.54, 1.807) is 23.3 Å². The molecule has 0 radical (unpaired) electrons. The summed E-state index contributed by atoms with van der Waals surface area (Å²) >= 11 is 0. The molecule has 1 aliphatic heterocycles. The molecule has 3 aromatic heterocycles. The zero-order valence-electron chi connectivity index (χ0n) is 28.5. The fourth-order valence-electron chi connectivity index (χ4n) is 6.51. The Kier molecular flexibility index (Phi) is 11.5. The zero-order valence-corrected chi connectivity index (χ0v) is 28.5. The van der Waals surface area contributed by atoms with Crippen LogP contribution in [0.3, 0.4) is 0 Å². The molecule has 0 bridgehead atoms. The van der Waals surface area contributed by atoms with Crippen molar-refractivity contribution in [3.63, 3.8) is 0 Å². The van der Waals surface area contributed by atoms with Crippen molar-refractivity contribution in [1.82, 2.24) is 24.3 Å². The molecule has 11 heteroatoms. The Morgan fingerprint density at radius 2 is 1.75 bits per heavy atom. The second-order valence-electron chi connectivity index (χ2n) is 14.3. The number of benzene rings is 1. The van der Waals surface area contributed by atoms with E-state index in [1.165, 1.54) is 69.9 Å². The van der Waals surface area contributed by atoms with E-state index in [2.05, 4.69) is 41.9 Å². The van der Waals surface area contributed by atoms with Gasteiger partial charge in [0.25, 0.3) is 0 Å². The van der Waals surface area contributed by atoms with Gasteiger partial charge in [0.05, 0.1) is 29.9 Å². The Balaban J connectivity index is 1.10. The average molecular weight is 658 g/mol. The molecule has 4 heterocycles. The van der Waals surface area contributed by atoms with Gasteiger partial charge in [-0.1, -0.05) is 72.1 Å². The van der Waals surface area contributed by atoms with Gasteiger partial charge >= 0.3 is 5.97 Å². The number of anilines is 1. The number of nitrogens with zero attached hydrogens (tertiary/aromatic N) is 7. The standard InChI is InChI=1S/C37H48FN7O3/c1-36(2,3)16-11-9-7-5-4-6-8-10-12-20-48-27-43-19-15-31-33(40-26-41-34(31)43)28-22-42-45(23-28)37(17-18-39)24-44(25-37)29-13-14-30(35(46)47)32(38)21-29/h13-15,19,21-23,26H,4-12,16-17,20,24-25,27H2,1-3H3,(H,46,47). The van der Waals surface area contributed by atoms with E-state index in [-0.39, 0.29) is 12.0 Å². The summed E-state index contributed by atoms with van der Waals surface area (Å²) in [5.41, 5.74) is 2.37. The number of carbonyl (C=O) groups is 1. The SMILES string of the molecule is CC(C)(C)CCCCCCCCCCCOCn1ccc2c(-c3cnn(C4(CC#N)CN(c5ccc(C(=O)O)c(F)c5)C4)c3)ncnc21. The van der Waals surface area contributed by atoms with Gasteiger partial charge in [-0.15, -0.1) is 0 Å². The van der Waals surface area contributed by atoms with Gasteiger partial charge in [0.15, 0.2) is 0 Å². The molecule has 0 unspecified atom stereocenters. The van der Waals surface area contributed by atoms with Crippen LogP contribution in [0.15, 0.2) is 49.2 Å². The first kappa shape index (κ1) is 35.0. The van der Waals surface area contributed by atoms with Crippen molar-refractivity contribution in [2.45, 2.75) is 104 Å². The molecule has 0 spiro atoms. The molecule has 5 rings (SSSR count). The van der Waals surface area contributed by atoms with Crippen LogP contribution in [-0.2, 0) is 17.0 Å². The summed E-state index contributed by atoms with van der Waals surface area (Å²) in [7, 11) is 0. The fraction of sp³-hybridized carbons (Fsp3) is 0.541. The molecule has 1 N–H and O–H groups in total. The third kappa shape index (κ3) is 8.58. The minimum atomic E-state index is -1.31. The number of ether oxygens (including phenoxy) is 1. The van der Waals surface area contributed by atoms with Gasteiger partial charge in [0, 0.05) is 48.7 Å². The zero-order chi connectivity index (χ0) is 34.1. The Labute approximate surface area is 282 Å². The van der Waals surface area contributed by atoms with Crippen LogP contribution < -0.4 is 4.90 Å². The lowest BCUT2D eigenvalue weighted by Crippen LogP contribution is -2.63. The van der Waals surface area contributed by atoms with E-state index in [0.717, 1.165) is 28.7 Å². The van der Waals surface area contributed by atoms with Gasteiger partial charge in [-0.05, 0) is 42.5 Å². The lowest BCUT2D eigenvalue weighted by atomic mass is 9.86. The summed E-state index contributed by atoms with van der Waals surface area (Å²) in [6.45, 7) is 8.95. The summed E-state index contributed by atoms with van der Waals surface area (Å²) in [4.78, 5) is 22.2. The van der Waals surface area contributed by atoms with E-state index in [9.17, 15) is 14.4 Å². The van der Waals surface area contributed by atoms with Crippen molar-refractivity contribution in [1.29, 1.82) is 5.26 Å². The number of halogens is 1. The van der Waals surface area contributed by atoms with E-state index >= 15 is 0 Å². The lowest BCUT2D eigenvalue weighted by molar-refractivity contribution is 0.0691. The van der Waals surface area contributed by atoms with Gasteiger partial charge in [0.2, 0.25) is 0 Å². The maximum atomic E-state index is 14.3. The van der Waals surface area contributed by atoms with E-state index in [1.807, 2.05) is 27.9 Å². The van der Waals surface area contributed by atoms with Gasteiger partial charge < -0.3 is 19.3 Å². The second kappa shape index (κ2) is 15.7. The number of carboxylic acids is 1. The number of hydrogen-bond acceptors (Lipinski definition) is 7. The first-order chi connectivity index (χ1) is 23.1. The number of unbranched alkanes of at least 4 members (excludes halogenated alkanes) is 8. The Morgan fingerprint density at radius 1 is 1.04 bits per heavy atom. The van der Waals surface area contributed by atoms with Crippen molar-refractivity contribution in [2.75, 3.05) is 24.6 Å². The molecule has 0 amide bonds. The van der Waals surface area contributed by atoms with Crippen LogP contribution >= 0.6 is 0 Å². The molecular formula is C37H48FN7O3. The minimum absolute atomic E-state index is 0.213. The number of fused-ring (bicyclic) bond motifs is 1. The Hall–Kier alpha value is -4.30. The number of rotatable bonds is 18. The summed E-state index contributed by atoms with van der Waals surface area (Å²) in [6.07, 6.45) is 20.2. The topological polar surface area (TPSA) is 122 Å². The fourth-order valence-corrected chi connectivity index (χ4v) is 6.51. The van der Waals surface area contributed by atoms with Gasteiger partial charge in [0.1, 0.15) is 30.1 Å². The second-order valence-corrected chi connectivity index (χ2v) is 14.3. The number of aromatic nitrogens is 5. The molecule has 48 heavy (non-hydrogen) atoms. The predicted octanol–water partition coefficient (Wildman–Crippen LogP) is 8.18. The maximum absolute atomic E-state index is 14.3. The average Bonchev–Trinajstić information content (AvgIpc) is 3.68. The van der Waals surface area contributed by atoms with Crippen LogP contribution in [0.2, 0.25) is 0 Å². The lowest BCUT2D eigenvalue weighted by Gasteiger charge is -2.50. The quantitative estimate of drug-likeness (QED) is 0.106. The van der Waals surface area contributed by atoms with Crippen LogP contribution in [0.1, 0.15) is 102 Å². The first-order valence-corrected chi connectivity index (χ1v) is 17.2. The molecule has 10 nitrogen and oxygen atoms in total. The largest absolute Gasteiger partial charge is 0.478 e. The van der Waals surface area contributed by atoms with E-state index < -0.39 is 17.3 Å². The Bertz CT molecular complexity index is 1710. The number of hydrogen-bond donors (Lipinski definition) is 1. The summed E-state index contributed by atoms with van der Waals surface area (Å²) in [5, 5.41) is 24.3. The predicted molar refractivity (Wildman–Crippen MR) is 184 cm³/mol. The molecule has 0 atom stereocenters. The monoisotopic (exact) mass is 657 g/mol. The number of carboxylic acid groups (broad SMARTS) is 1. The van der Waals surface area contributed by atoms with Crippen LogP contribution in [0.4, 0.5) is 10.1 Å². The van der Waals surface area contributed by atoms with E-state index in [0.29, 0.717) is 37.5 Å². The maximum Gasteiger partial charge on any atom is 0.338 e. The van der Waals surface area contributed by atoms with E-state index in [4.69, 9.17) is 9.84 Å². The highest BCUT2D eigenvalue weighted by atomic mass is 19.1. The molecule has 0 aliphatic carbocycles. The first-order valence-electron chi connectivity index (χ1n) is 17.2. The molecule has 1 saturated heterocycles. The highest BCUT2D eigenvalue weighted by Gasteiger charge is 2.46. The third-order valence-electron chi connectivity index (χ3n) is 9.27. The van der Waals surface area contributed by atoms with Gasteiger partial charge in [-0.3, -0.25) is 4.68 Å². The molecule has 256 valence electrons. The number of aromatic carboxylic acids is 1. The highest BCUT2D eigenvalue weighted by molar-refractivity contribution is 5.90. The number of nitriles is 1. The van der Waals surface area contributed by atoms with Crippen molar-refractivity contribution in [3.05, 3.63) is 60.6 Å². The van der Waals surface area contributed by atoms with Crippen molar-refractivity contribution in [2.24, 2.45) is 5.41 Å². The third-order valence-corrected chi connectivity index (χ3v) is 9.27. The van der Waals surface area contributed by atoms with Crippen molar-refractivity contribution >= 4 is 22.7 Å².